The summed E-state index contributed by atoms with van der Waals surface area (Å²) in [7, 11) is 1.23. The van der Waals surface area contributed by atoms with Crippen LogP contribution in [0.4, 0.5) is 4.79 Å². The molecule has 0 radical (unpaired) electrons. The number of fused-ring (bicyclic) bond motifs is 1. The Bertz CT molecular complexity index is 814. The van der Waals surface area contributed by atoms with E-state index in [4.69, 9.17) is 10.2 Å². The zero-order chi connectivity index (χ0) is 15.0. The number of primary amides is 1. The minimum Gasteiger partial charge on any atom is -0.464 e. The quantitative estimate of drug-likeness (QED) is 0.726. The van der Waals surface area contributed by atoms with Crippen LogP contribution in [0.2, 0.25) is 0 Å². The Hall–Kier alpha value is -3.09. The molecule has 2 N–H and O–H groups in total. The van der Waals surface area contributed by atoms with E-state index in [9.17, 15) is 9.59 Å². The standard InChI is InChI=1S/C14H11N3O4/c1-20-13(18)9-7-10(17(16-9)14(15)19)12-6-8-4-2-3-5-11(8)21-12/h2-7H,1H3,(H2,15,19). The maximum absolute atomic E-state index is 11.5. The van der Waals surface area contributed by atoms with Crippen LogP contribution in [0.5, 0.6) is 0 Å². The predicted molar refractivity (Wildman–Crippen MR) is 73.8 cm³/mol. The number of hydrogen-bond acceptors (Lipinski definition) is 5. The highest BCUT2D eigenvalue weighted by molar-refractivity contribution is 5.91. The van der Waals surface area contributed by atoms with E-state index < -0.39 is 12.0 Å². The fourth-order valence-corrected chi connectivity index (χ4v) is 2.04. The van der Waals surface area contributed by atoms with E-state index >= 15 is 0 Å². The van der Waals surface area contributed by atoms with Crippen LogP contribution in [0.1, 0.15) is 10.5 Å². The zero-order valence-electron chi connectivity index (χ0n) is 11.1. The molecule has 2 aromatic heterocycles. The number of methoxy groups -OCH3 is 1. The highest BCUT2D eigenvalue weighted by Crippen LogP contribution is 2.28. The van der Waals surface area contributed by atoms with Crippen molar-refractivity contribution in [3.63, 3.8) is 0 Å². The van der Waals surface area contributed by atoms with Gasteiger partial charge in [0, 0.05) is 11.5 Å². The van der Waals surface area contributed by atoms with Gasteiger partial charge in [-0.25, -0.2) is 9.59 Å². The predicted octanol–water partition coefficient (Wildman–Crippen LogP) is 2.01. The number of nitrogens with zero attached hydrogens (tertiary/aromatic N) is 2. The molecule has 0 atom stereocenters. The SMILES string of the molecule is COC(=O)c1cc(-c2cc3ccccc3o2)n(C(N)=O)n1. The minimum absolute atomic E-state index is 0.0215. The number of furan rings is 1. The number of para-hydroxylation sites is 1. The monoisotopic (exact) mass is 285 g/mol. The molecule has 21 heavy (non-hydrogen) atoms. The Morgan fingerprint density at radius 1 is 1.29 bits per heavy atom. The molecule has 0 bridgehead atoms. The minimum atomic E-state index is -0.819. The van der Waals surface area contributed by atoms with Crippen LogP contribution in [-0.4, -0.2) is 28.9 Å². The number of carbonyl (C=O) groups excluding carboxylic acids is 2. The summed E-state index contributed by atoms with van der Waals surface area (Å²) in [4.78, 5) is 23.0. The Balaban J connectivity index is 2.18. The molecule has 3 rings (SSSR count). The fraction of sp³-hybridized carbons (Fsp3) is 0.0714. The molecule has 0 aliphatic rings. The molecule has 0 spiro atoms. The van der Waals surface area contributed by atoms with E-state index in [1.165, 1.54) is 13.2 Å². The Kier molecular flexibility index (Phi) is 2.94. The van der Waals surface area contributed by atoms with Crippen LogP contribution in [0.3, 0.4) is 0 Å². The maximum Gasteiger partial charge on any atom is 0.358 e. The first-order valence-electron chi connectivity index (χ1n) is 6.07. The highest BCUT2D eigenvalue weighted by atomic mass is 16.5. The molecule has 0 saturated heterocycles. The van der Waals surface area contributed by atoms with Gasteiger partial charge in [0.1, 0.15) is 11.3 Å². The van der Waals surface area contributed by atoms with Crippen LogP contribution in [0.15, 0.2) is 40.8 Å². The molecule has 0 aliphatic carbocycles. The van der Waals surface area contributed by atoms with Crippen molar-refractivity contribution >= 4 is 23.0 Å². The van der Waals surface area contributed by atoms with Gasteiger partial charge >= 0.3 is 12.0 Å². The summed E-state index contributed by atoms with van der Waals surface area (Å²) in [6.45, 7) is 0. The third kappa shape index (κ3) is 2.14. The molecule has 1 aromatic carbocycles. The molecule has 2 heterocycles. The van der Waals surface area contributed by atoms with Crippen LogP contribution < -0.4 is 5.73 Å². The average molecular weight is 285 g/mol. The lowest BCUT2D eigenvalue weighted by Crippen LogP contribution is -2.22. The summed E-state index contributed by atoms with van der Waals surface area (Å²) < 4.78 is 11.1. The van der Waals surface area contributed by atoms with E-state index in [1.54, 1.807) is 12.1 Å². The summed E-state index contributed by atoms with van der Waals surface area (Å²) >= 11 is 0. The van der Waals surface area contributed by atoms with Crippen molar-refractivity contribution in [2.45, 2.75) is 0 Å². The van der Waals surface area contributed by atoms with Crippen molar-refractivity contribution in [3.8, 4) is 11.5 Å². The smallest absolute Gasteiger partial charge is 0.358 e. The lowest BCUT2D eigenvalue weighted by atomic mass is 10.2. The second-order valence-electron chi connectivity index (χ2n) is 4.30. The molecule has 0 aliphatic heterocycles. The van der Waals surface area contributed by atoms with Crippen molar-refractivity contribution in [2.24, 2.45) is 5.73 Å². The van der Waals surface area contributed by atoms with Crippen molar-refractivity contribution in [1.82, 2.24) is 9.78 Å². The second-order valence-corrected chi connectivity index (χ2v) is 4.30. The number of benzene rings is 1. The van der Waals surface area contributed by atoms with Gasteiger partial charge in [-0.05, 0) is 12.1 Å². The van der Waals surface area contributed by atoms with E-state index in [0.717, 1.165) is 10.1 Å². The van der Waals surface area contributed by atoms with Gasteiger partial charge < -0.3 is 14.9 Å². The molecule has 3 aromatic rings. The summed E-state index contributed by atoms with van der Waals surface area (Å²) in [5.74, 6) is -0.273. The van der Waals surface area contributed by atoms with Crippen molar-refractivity contribution in [1.29, 1.82) is 0 Å². The molecule has 106 valence electrons. The summed E-state index contributed by atoms with van der Waals surface area (Å²) in [5, 5.41) is 4.70. The van der Waals surface area contributed by atoms with Gasteiger partial charge in [0.05, 0.1) is 7.11 Å². The number of nitrogens with two attached hydrogens (primary N) is 1. The molecular formula is C14H11N3O4. The molecule has 0 fully saturated rings. The number of ether oxygens (including phenoxy) is 1. The zero-order valence-corrected chi connectivity index (χ0v) is 11.1. The van der Waals surface area contributed by atoms with Crippen molar-refractivity contribution < 1.29 is 18.7 Å². The van der Waals surface area contributed by atoms with E-state index in [-0.39, 0.29) is 5.69 Å². The molecule has 1 amide bonds. The third-order valence-corrected chi connectivity index (χ3v) is 2.99. The first-order chi connectivity index (χ1) is 10.1. The molecule has 0 saturated carbocycles. The van der Waals surface area contributed by atoms with E-state index in [0.29, 0.717) is 17.0 Å². The average Bonchev–Trinajstić information content (AvgIpc) is 3.09. The van der Waals surface area contributed by atoms with Gasteiger partial charge in [-0.2, -0.15) is 9.78 Å². The topological polar surface area (TPSA) is 100 Å². The van der Waals surface area contributed by atoms with Crippen molar-refractivity contribution in [2.75, 3.05) is 7.11 Å². The number of rotatable bonds is 2. The number of hydrogen-bond donors (Lipinski definition) is 1. The lowest BCUT2D eigenvalue weighted by molar-refractivity contribution is 0.0593. The second kappa shape index (κ2) is 4.78. The van der Waals surface area contributed by atoms with Gasteiger partial charge in [0.15, 0.2) is 11.5 Å². The van der Waals surface area contributed by atoms with Gasteiger partial charge in [0.2, 0.25) is 0 Å². The Labute approximate surface area is 118 Å². The van der Waals surface area contributed by atoms with Crippen LogP contribution in [-0.2, 0) is 4.74 Å². The largest absolute Gasteiger partial charge is 0.464 e. The fourth-order valence-electron chi connectivity index (χ4n) is 2.04. The number of esters is 1. The summed E-state index contributed by atoms with van der Waals surface area (Å²) in [6.07, 6.45) is 0. The van der Waals surface area contributed by atoms with Crippen LogP contribution >= 0.6 is 0 Å². The van der Waals surface area contributed by atoms with Gasteiger partial charge in [-0.1, -0.05) is 18.2 Å². The Morgan fingerprint density at radius 2 is 2.05 bits per heavy atom. The first-order valence-corrected chi connectivity index (χ1v) is 6.07. The number of carbonyl (C=O) groups is 2. The third-order valence-electron chi connectivity index (χ3n) is 2.99. The molecule has 7 nitrogen and oxygen atoms in total. The van der Waals surface area contributed by atoms with Gasteiger partial charge in [0.25, 0.3) is 0 Å². The van der Waals surface area contributed by atoms with Crippen LogP contribution in [0.25, 0.3) is 22.4 Å². The maximum atomic E-state index is 11.5. The number of amides is 1. The molecule has 0 unspecified atom stereocenters. The summed E-state index contributed by atoms with van der Waals surface area (Å²) in [5.41, 5.74) is 6.19. The lowest BCUT2D eigenvalue weighted by Gasteiger charge is -1.98. The summed E-state index contributed by atoms with van der Waals surface area (Å²) in [6, 6.07) is 9.69. The van der Waals surface area contributed by atoms with Crippen LogP contribution in [0, 0.1) is 0 Å². The van der Waals surface area contributed by atoms with E-state index in [1.807, 2.05) is 18.2 Å². The van der Waals surface area contributed by atoms with Crippen molar-refractivity contribution in [3.05, 3.63) is 42.1 Å². The highest BCUT2D eigenvalue weighted by Gasteiger charge is 2.20. The Morgan fingerprint density at radius 3 is 2.71 bits per heavy atom. The molecule has 7 heteroatoms. The molecular weight excluding hydrogens is 274 g/mol. The number of aromatic nitrogens is 2. The van der Waals surface area contributed by atoms with Gasteiger partial charge in [-0.15, -0.1) is 0 Å². The van der Waals surface area contributed by atoms with E-state index in [2.05, 4.69) is 9.84 Å². The first kappa shape index (κ1) is 12.9. The normalized spacial score (nSPS) is 10.7. The van der Waals surface area contributed by atoms with Gasteiger partial charge in [-0.3, -0.25) is 0 Å².